The van der Waals surface area contributed by atoms with Crippen LogP contribution in [0.5, 0.6) is 0 Å². The Morgan fingerprint density at radius 3 is 2.65 bits per heavy atom. The summed E-state index contributed by atoms with van der Waals surface area (Å²) in [6.07, 6.45) is 3.43. The van der Waals surface area contributed by atoms with Crippen molar-refractivity contribution < 1.29 is 9.90 Å². The summed E-state index contributed by atoms with van der Waals surface area (Å²) in [7, 11) is 0. The van der Waals surface area contributed by atoms with Gasteiger partial charge in [-0.25, -0.2) is 0 Å². The Bertz CT molecular complexity index is 1220. The van der Waals surface area contributed by atoms with E-state index in [9.17, 15) is 9.90 Å². The number of hydrogen-bond acceptors (Lipinski definition) is 5. The SMILES string of the molecule is Cc1c(N)cccc1-c1cccc(NC(=O)c2cc3n(n2)CCCC3N2CCC(O)CC2)c1Cl. The number of nitrogens with one attached hydrogen (secondary N) is 1. The second-order valence-corrected chi connectivity index (χ2v) is 9.62. The topological polar surface area (TPSA) is 96.4 Å². The number of nitrogen functional groups attached to an aromatic ring is 1. The molecule has 1 unspecified atom stereocenters. The van der Waals surface area contributed by atoms with Crippen molar-refractivity contribution in [3.63, 3.8) is 0 Å². The molecule has 1 saturated heterocycles. The van der Waals surface area contributed by atoms with Gasteiger partial charge in [0.25, 0.3) is 5.91 Å². The molecule has 0 aliphatic carbocycles. The molecular formula is C26H30ClN5O2. The highest BCUT2D eigenvalue weighted by atomic mass is 35.5. The fraction of sp³-hybridized carbons (Fsp3) is 0.385. The Kier molecular flexibility index (Phi) is 6.34. The molecule has 2 aliphatic rings. The number of halogens is 1. The third-order valence-corrected chi connectivity index (χ3v) is 7.49. The number of nitrogens with zero attached hydrogens (tertiary/aromatic N) is 3. The largest absolute Gasteiger partial charge is 0.398 e. The molecule has 0 radical (unpaired) electrons. The smallest absolute Gasteiger partial charge is 0.276 e. The van der Waals surface area contributed by atoms with Gasteiger partial charge in [-0.05, 0) is 61.9 Å². The molecular weight excluding hydrogens is 450 g/mol. The Morgan fingerprint density at radius 2 is 1.85 bits per heavy atom. The van der Waals surface area contributed by atoms with Crippen LogP contribution < -0.4 is 11.1 Å². The highest BCUT2D eigenvalue weighted by Crippen LogP contribution is 2.37. The molecule has 1 amide bonds. The lowest BCUT2D eigenvalue weighted by molar-refractivity contribution is 0.0512. The Hall–Kier alpha value is -2.87. The quantitative estimate of drug-likeness (QED) is 0.474. The Balaban J connectivity index is 1.38. The molecule has 0 saturated carbocycles. The van der Waals surface area contributed by atoms with Crippen LogP contribution in [-0.2, 0) is 6.54 Å². The molecule has 1 fully saturated rings. The van der Waals surface area contributed by atoms with Gasteiger partial charge in [-0.1, -0.05) is 35.9 Å². The van der Waals surface area contributed by atoms with E-state index in [1.54, 1.807) is 6.07 Å². The second kappa shape index (κ2) is 9.41. The number of benzene rings is 2. The number of aliphatic hydroxyl groups is 1. The van der Waals surface area contributed by atoms with Gasteiger partial charge in [0.15, 0.2) is 5.69 Å². The number of hydrogen-bond donors (Lipinski definition) is 3. The predicted molar refractivity (Wildman–Crippen MR) is 135 cm³/mol. The number of amides is 1. The molecule has 5 rings (SSSR count). The molecule has 178 valence electrons. The van der Waals surface area contributed by atoms with Gasteiger partial charge in [0.2, 0.25) is 0 Å². The van der Waals surface area contributed by atoms with Crippen molar-refractivity contribution in [1.82, 2.24) is 14.7 Å². The monoisotopic (exact) mass is 479 g/mol. The zero-order valence-electron chi connectivity index (χ0n) is 19.3. The van der Waals surface area contributed by atoms with Crippen molar-refractivity contribution in [1.29, 1.82) is 0 Å². The van der Waals surface area contributed by atoms with E-state index >= 15 is 0 Å². The highest BCUT2D eigenvalue weighted by Gasteiger charge is 2.31. The predicted octanol–water partition coefficient (Wildman–Crippen LogP) is 4.64. The average molecular weight is 480 g/mol. The zero-order chi connectivity index (χ0) is 23.8. The third kappa shape index (κ3) is 4.31. The molecule has 2 aromatic carbocycles. The number of likely N-dealkylation sites (tertiary alicyclic amines) is 1. The van der Waals surface area contributed by atoms with Crippen LogP contribution in [0.2, 0.25) is 5.02 Å². The van der Waals surface area contributed by atoms with Gasteiger partial charge in [0.1, 0.15) is 0 Å². The van der Waals surface area contributed by atoms with Gasteiger partial charge in [-0.2, -0.15) is 5.10 Å². The number of piperidine rings is 1. The average Bonchev–Trinajstić information content (AvgIpc) is 3.28. The van der Waals surface area contributed by atoms with Gasteiger partial charge in [0, 0.05) is 30.9 Å². The van der Waals surface area contributed by atoms with Gasteiger partial charge >= 0.3 is 0 Å². The van der Waals surface area contributed by atoms with Crippen LogP contribution in [0.25, 0.3) is 11.1 Å². The maximum atomic E-state index is 13.2. The van der Waals surface area contributed by atoms with E-state index < -0.39 is 0 Å². The van der Waals surface area contributed by atoms with E-state index in [4.69, 9.17) is 17.3 Å². The summed E-state index contributed by atoms with van der Waals surface area (Å²) in [5, 5.41) is 17.9. The van der Waals surface area contributed by atoms with E-state index in [0.717, 1.165) is 67.7 Å². The van der Waals surface area contributed by atoms with Crippen LogP contribution in [0.4, 0.5) is 11.4 Å². The molecule has 8 heteroatoms. The first-order chi connectivity index (χ1) is 16.4. The molecule has 0 spiro atoms. The third-order valence-electron chi connectivity index (χ3n) is 7.09. The van der Waals surface area contributed by atoms with Gasteiger partial charge in [-0.3, -0.25) is 14.4 Å². The summed E-state index contributed by atoms with van der Waals surface area (Å²) in [6, 6.07) is 13.5. The van der Waals surface area contributed by atoms with E-state index in [0.29, 0.717) is 22.1 Å². The Labute approximate surface area is 204 Å². The van der Waals surface area contributed by atoms with E-state index in [1.807, 2.05) is 48.0 Å². The summed E-state index contributed by atoms with van der Waals surface area (Å²) in [5.74, 6) is -0.280. The number of aryl methyl sites for hydroxylation is 1. The first-order valence-corrected chi connectivity index (χ1v) is 12.3. The summed E-state index contributed by atoms with van der Waals surface area (Å²) in [6.45, 7) is 4.50. The van der Waals surface area contributed by atoms with Crippen molar-refractivity contribution in [2.45, 2.75) is 51.3 Å². The highest BCUT2D eigenvalue weighted by molar-refractivity contribution is 6.36. The molecule has 3 aromatic rings. The minimum absolute atomic E-state index is 0.206. The van der Waals surface area contributed by atoms with E-state index in [-0.39, 0.29) is 18.1 Å². The van der Waals surface area contributed by atoms with Crippen LogP contribution in [0, 0.1) is 6.92 Å². The molecule has 34 heavy (non-hydrogen) atoms. The van der Waals surface area contributed by atoms with Crippen molar-refractivity contribution in [3.05, 3.63) is 64.4 Å². The molecule has 7 nitrogen and oxygen atoms in total. The van der Waals surface area contributed by atoms with Gasteiger partial charge < -0.3 is 16.2 Å². The van der Waals surface area contributed by atoms with Crippen LogP contribution >= 0.6 is 11.6 Å². The van der Waals surface area contributed by atoms with Gasteiger partial charge in [-0.15, -0.1) is 0 Å². The molecule has 0 bridgehead atoms. The van der Waals surface area contributed by atoms with Crippen molar-refractivity contribution >= 4 is 28.9 Å². The van der Waals surface area contributed by atoms with Gasteiger partial charge in [0.05, 0.1) is 28.5 Å². The number of aliphatic hydroxyl groups excluding tert-OH is 1. The molecule has 3 heterocycles. The van der Waals surface area contributed by atoms with Crippen molar-refractivity contribution in [2.24, 2.45) is 0 Å². The lowest BCUT2D eigenvalue weighted by atomic mass is 9.98. The Morgan fingerprint density at radius 1 is 1.12 bits per heavy atom. The number of carbonyl (C=O) groups excluding carboxylic acids is 1. The number of rotatable bonds is 4. The van der Waals surface area contributed by atoms with Crippen LogP contribution in [0.1, 0.15) is 53.5 Å². The van der Waals surface area contributed by atoms with E-state index in [1.165, 1.54) is 0 Å². The van der Waals surface area contributed by atoms with Crippen molar-refractivity contribution in [2.75, 3.05) is 24.1 Å². The lowest BCUT2D eigenvalue weighted by Gasteiger charge is -2.38. The normalized spacial score (nSPS) is 19.1. The number of carbonyl (C=O) groups is 1. The fourth-order valence-corrected chi connectivity index (χ4v) is 5.38. The number of nitrogens with two attached hydrogens (primary N) is 1. The molecule has 2 aliphatic heterocycles. The summed E-state index contributed by atoms with van der Waals surface area (Å²) in [4.78, 5) is 15.6. The maximum Gasteiger partial charge on any atom is 0.276 e. The van der Waals surface area contributed by atoms with Crippen LogP contribution in [-0.4, -0.2) is 44.9 Å². The number of fused-ring (bicyclic) bond motifs is 1. The molecule has 1 atom stereocenters. The fourth-order valence-electron chi connectivity index (χ4n) is 5.11. The lowest BCUT2D eigenvalue weighted by Crippen LogP contribution is -2.40. The summed E-state index contributed by atoms with van der Waals surface area (Å²) >= 11 is 6.73. The summed E-state index contributed by atoms with van der Waals surface area (Å²) < 4.78 is 1.96. The summed E-state index contributed by atoms with van der Waals surface area (Å²) in [5.41, 5.74) is 11.5. The first kappa shape index (κ1) is 22.9. The first-order valence-electron chi connectivity index (χ1n) is 11.9. The number of aromatic nitrogens is 2. The molecule has 1 aromatic heterocycles. The maximum absolute atomic E-state index is 13.2. The van der Waals surface area contributed by atoms with Crippen molar-refractivity contribution in [3.8, 4) is 11.1 Å². The minimum Gasteiger partial charge on any atom is -0.398 e. The standard InChI is InChI=1S/C26H30ClN5O2/c1-16-18(5-2-7-20(16)28)19-6-3-8-21(25(19)27)29-26(34)22-15-24-23(9-4-12-32(24)30-22)31-13-10-17(33)11-14-31/h2-3,5-8,15,17,23,33H,4,9-14,28H2,1H3,(H,29,34). The van der Waals surface area contributed by atoms with Crippen LogP contribution in [0.3, 0.4) is 0 Å². The van der Waals surface area contributed by atoms with E-state index in [2.05, 4.69) is 15.3 Å². The molecule has 4 N–H and O–H groups in total. The second-order valence-electron chi connectivity index (χ2n) is 9.24. The number of anilines is 2. The minimum atomic E-state index is -0.280. The zero-order valence-corrected chi connectivity index (χ0v) is 20.1. The van der Waals surface area contributed by atoms with Crippen LogP contribution in [0.15, 0.2) is 42.5 Å².